The Morgan fingerprint density at radius 1 is 1.39 bits per heavy atom. The van der Waals surface area contributed by atoms with Gasteiger partial charge in [-0.2, -0.15) is 0 Å². The molecule has 2 saturated heterocycles. The van der Waals surface area contributed by atoms with Crippen LogP contribution < -0.4 is 5.32 Å². The molecule has 2 fully saturated rings. The van der Waals surface area contributed by atoms with Gasteiger partial charge in [0.05, 0.1) is 6.61 Å². The van der Waals surface area contributed by atoms with Gasteiger partial charge in [-0.05, 0) is 0 Å². The zero-order valence-corrected chi connectivity index (χ0v) is 9.93. The van der Waals surface area contributed by atoms with Crippen LogP contribution in [0.25, 0.3) is 0 Å². The summed E-state index contributed by atoms with van der Waals surface area (Å²) in [6, 6.07) is -0.574. The van der Waals surface area contributed by atoms with E-state index in [1.165, 1.54) is 4.90 Å². The minimum absolute atomic E-state index is 0.194. The average molecular weight is 262 g/mol. The minimum atomic E-state index is -1.28. The topological polar surface area (TPSA) is 122 Å². The summed E-state index contributed by atoms with van der Waals surface area (Å²) in [6.07, 6.45) is -5.40. The molecule has 8 heteroatoms. The minimum Gasteiger partial charge on any atom is -0.394 e. The van der Waals surface area contributed by atoms with E-state index >= 15 is 0 Å². The first-order valence-electron chi connectivity index (χ1n) is 5.83. The van der Waals surface area contributed by atoms with Crippen LogP contribution in [0.5, 0.6) is 0 Å². The van der Waals surface area contributed by atoms with Crippen molar-refractivity contribution in [3.05, 3.63) is 0 Å². The number of carbonyl (C=O) groups excluding carboxylic acids is 1. The molecule has 0 aliphatic carbocycles. The molecule has 18 heavy (non-hydrogen) atoms. The largest absolute Gasteiger partial charge is 0.394 e. The quantitative estimate of drug-likeness (QED) is 0.372. The molecule has 0 aromatic carbocycles. The molecule has 6 atom stereocenters. The number of amides is 2. The molecule has 2 heterocycles. The van der Waals surface area contributed by atoms with E-state index in [4.69, 9.17) is 9.84 Å². The maximum atomic E-state index is 11.7. The molecule has 2 unspecified atom stereocenters. The third-order valence-corrected chi connectivity index (χ3v) is 3.38. The summed E-state index contributed by atoms with van der Waals surface area (Å²) in [5.41, 5.74) is 0. The van der Waals surface area contributed by atoms with Crippen LogP contribution in [-0.2, 0) is 4.74 Å². The molecule has 0 aromatic rings. The Kier molecular flexibility index (Phi) is 3.74. The predicted octanol–water partition coefficient (Wildman–Crippen LogP) is -2.59. The fourth-order valence-electron chi connectivity index (χ4n) is 2.20. The fourth-order valence-corrected chi connectivity index (χ4v) is 2.20. The Bertz CT molecular complexity index is 327. The zero-order chi connectivity index (χ0) is 13.4. The molecule has 8 nitrogen and oxygen atoms in total. The molecule has 2 aliphatic heterocycles. The molecule has 0 saturated carbocycles. The zero-order valence-electron chi connectivity index (χ0n) is 9.93. The van der Waals surface area contributed by atoms with Crippen LogP contribution in [-0.4, -0.2) is 75.3 Å². The van der Waals surface area contributed by atoms with E-state index in [0.717, 1.165) is 0 Å². The summed E-state index contributed by atoms with van der Waals surface area (Å²) in [6.45, 7) is 1.49. The first-order valence-corrected chi connectivity index (χ1v) is 5.83. The number of hydrogen-bond acceptors (Lipinski definition) is 6. The Balaban J connectivity index is 2.10. The summed E-state index contributed by atoms with van der Waals surface area (Å²) in [7, 11) is 0. The van der Waals surface area contributed by atoms with Crippen molar-refractivity contribution < 1.29 is 30.0 Å². The molecule has 2 amide bonds. The highest BCUT2D eigenvalue weighted by Crippen LogP contribution is 2.26. The second-order valence-electron chi connectivity index (χ2n) is 4.75. The van der Waals surface area contributed by atoms with Crippen LogP contribution in [0.15, 0.2) is 0 Å². The van der Waals surface area contributed by atoms with Crippen LogP contribution in [0.2, 0.25) is 0 Å². The number of nitrogens with one attached hydrogen (secondary N) is 1. The van der Waals surface area contributed by atoms with Crippen LogP contribution in [0.3, 0.4) is 0 Å². The van der Waals surface area contributed by atoms with Gasteiger partial charge in [0.25, 0.3) is 0 Å². The van der Waals surface area contributed by atoms with Crippen LogP contribution >= 0.6 is 0 Å². The van der Waals surface area contributed by atoms with Crippen molar-refractivity contribution in [2.24, 2.45) is 5.92 Å². The molecule has 0 radical (unpaired) electrons. The number of aliphatic hydroxyl groups excluding tert-OH is 4. The smallest absolute Gasteiger partial charge is 0.321 e. The molecule has 2 aliphatic rings. The normalized spacial score (nSPS) is 45.2. The van der Waals surface area contributed by atoms with Crippen LogP contribution in [0, 0.1) is 5.92 Å². The van der Waals surface area contributed by atoms with E-state index in [1.807, 2.05) is 0 Å². The third-order valence-electron chi connectivity index (χ3n) is 3.38. The molecule has 0 spiro atoms. The van der Waals surface area contributed by atoms with Gasteiger partial charge in [-0.3, -0.25) is 4.90 Å². The van der Waals surface area contributed by atoms with Crippen molar-refractivity contribution in [2.45, 2.75) is 37.7 Å². The molecule has 2 rings (SSSR count). The first-order chi connectivity index (χ1) is 8.45. The van der Waals surface area contributed by atoms with Crippen molar-refractivity contribution in [1.82, 2.24) is 10.2 Å². The lowest BCUT2D eigenvalue weighted by molar-refractivity contribution is -0.0978. The van der Waals surface area contributed by atoms with Crippen molar-refractivity contribution >= 4 is 6.03 Å². The number of rotatable bonds is 2. The van der Waals surface area contributed by atoms with Crippen molar-refractivity contribution in [2.75, 3.05) is 13.2 Å². The Morgan fingerprint density at radius 3 is 2.61 bits per heavy atom. The Morgan fingerprint density at radius 2 is 2.06 bits per heavy atom. The van der Waals surface area contributed by atoms with Crippen molar-refractivity contribution in [1.29, 1.82) is 0 Å². The molecule has 0 bridgehead atoms. The Hall–Kier alpha value is -0.930. The monoisotopic (exact) mass is 262 g/mol. The number of carbonyl (C=O) groups is 1. The van der Waals surface area contributed by atoms with Crippen molar-refractivity contribution in [3.8, 4) is 0 Å². The van der Waals surface area contributed by atoms with Gasteiger partial charge < -0.3 is 30.5 Å². The number of aliphatic hydroxyl groups is 4. The highest BCUT2D eigenvalue weighted by Gasteiger charge is 2.48. The van der Waals surface area contributed by atoms with Gasteiger partial charge >= 0.3 is 6.03 Å². The highest BCUT2D eigenvalue weighted by molar-refractivity contribution is 5.75. The second kappa shape index (κ2) is 4.98. The van der Waals surface area contributed by atoms with Gasteiger partial charge in [-0.15, -0.1) is 0 Å². The third kappa shape index (κ3) is 2.17. The van der Waals surface area contributed by atoms with Gasteiger partial charge in [0.2, 0.25) is 0 Å². The van der Waals surface area contributed by atoms with Crippen LogP contribution in [0.4, 0.5) is 4.79 Å². The summed E-state index contributed by atoms with van der Waals surface area (Å²) in [5.74, 6) is -0.233. The molecular weight excluding hydrogens is 244 g/mol. The maximum absolute atomic E-state index is 11.7. The standard InChI is InChI=1S/C10H18N2O6/c1-4-2-12(10(17)11-8(4)16)9-7(15)6(14)5(3-13)18-9/h4-9,13-16H,2-3H2,1H3,(H,11,17)/t4?,5-,6-,7-,8?,9-/m1/s1. The van der Waals surface area contributed by atoms with Gasteiger partial charge in [-0.25, -0.2) is 4.79 Å². The SMILES string of the molecule is CC1CN([C@@H]2O[C@H](CO)[C@@H](O)[C@H]2O)C(=O)NC1O. The number of urea groups is 1. The summed E-state index contributed by atoms with van der Waals surface area (Å²) >= 11 is 0. The molecular formula is C10H18N2O6. The van der Waals surface area contributed by atoms with E-state index in [0.29, 0.717) is 0 Å². The van der Waals surface area contributed by atoms with E-state index in [-0.39, 0.29) is 12.5 Å². The van der Waals surface area contributed by atoms with E-state index in [9.17, 15) is 20.1 Å². The van der Waals surface area contributed by atoms with Gasteiger partial charge in [-0.1, -0.05) is 6.92 Å². The molecule has 0 aromatic heterocycles. The lowest BCUT2D eigenvalue weighted by Gasteiger charge is -2.38. The second-order valence-corrected chi connectivity index (χ2v) is 4.75. The van der Waals surface area contributed by atoms with Crippen molar-refractivity contribution in [3.63, 3.8) is 0 Å². The first kappa shape index (κ1) is 13.5. The van der Waals surface area contributed by atoms with E-state index in [2.05, 4.69) is 5.32 Å². The summed E-state index contributed by atoms with van der Waals surface area (Å²) < 4.78 is 5.26. The Labute approximate surface area is 104 Å². The van der Waals surface area contributed by atoms with Gasteiger partial charge in [0.1, 0.15) is 24.5 Å². The lowest BCUT2D eigenvalue weighted by atomic mass is 10.1. The van der Waals surface area contributed by atoms with E-state index < -0.39 is 43.4 Å². The van der Waals surface area contributed by atoms with Gasteiger partial charge in [0.15, 0.2) is 6.23 Å². The van der Waals surface area contributed by atoms with Gasteiger partial charge in [0, 0.05) is 12.5 Å². The maximum Gasteiger partial charge on any atom is 0.321 e. The number of ether oxygens (including phenoxy) is 1. The highest BCUT2D eigenvalue weighted by atomic mass is 16.6. The average Bonchev–Trinajstić information content (AvgIpc) is 2.61. The summed E-state index contributed by atoms with van der Waals surface area (Å²) in [4.78, 5) is 12.9. The predicted molar refractivity (Wildman–Crippen MR) is 58.2 cm³/mol. The van der Waals surface area contributed by atoms with E-state index in [1.54, 1.807) is 6.92 Å². The molecule has 5 N–H and O–H groups in total. The van der Waals surface area contributed by atoms with Crippen LogP contribution in [0.1, 0.15) is 6.92 Å². The number of nitrogens with zero attached hydrogens (tertiary/aromatic N) is 1. The molecule has 104 valence electrons. The fraction of sp³-hybridized carbons (Fsp3) is 0.900. The number of hydrogen-bond donors (Lipinski definition) is 5. The lowest BCUT2D eigenvalue weighted by Crippen LogP contribution is -2.61. The summed E-state index contributed by atoms with van der Waals surface area (Å²) in [5, 5.41) is 40.2.